The van der Waals surface area contributed by atoms with Gasteiger partial charge in [-0.25, -0.2) is 14.4 Å². The molecule has 1 aromatic heterocycles. The van der Waals surface area contributed by atoms with Crippen molar-refractivity contribution >= 4 is 17.2 Å². The van der Waals surface area contributed by atoms with Crippen LogP contribution in [0, 0.1) is 5.82 Å². The second-order valence-corrected chi connectivity index (χ2v) is 6.89. The number of hydrogen-bond acceptors (Lipinski definition) is 8. The molecule has 2 bridgehead atoms. The normalized spacial score (nSPS) is 22.1. The lowest BCUT2D eigenvalue weighted by atomic mass is 9.90. The Bertz CT molecular complexity index is 1110. The van der Waals surface area contributed by atoms with Crippen LogP contribution in [0.3, 0.4) is 0 Å². The van der Waals surface area contributed by atoms with Gasteiger partial charge in [-0.3, -0.25) is 9.98 Å². The van der Waals surface area contributed by atoms with Crippen LogP contribution in [0.25, 0.3) is 0 Å². The molecular weight excluding hydrogens is 397 g/mol. The molecule has 162 valence electrons. The van der Waals surface area contributed by atoms with E-state index in [2.05, 4.69) is 20.0 Å². The van der Waals surface area contributed by atoms with Crippen molar-refractivity contribution in [3.63, 3.8) is 0 Å². The van der Waals surface area contributed by atoms with Crippen LogP contribution in [0.1, 0.15) is 43.2 Å². The van der Waals surface area contributed by atoms with Crippen LogP contribution in [0.2, 0.25) is 0 Å². The minimum Gasteiger partial charge on any atom is -0.467 e. The minimum absolute atomic E-state index is 0.117. The van der Waals surface area contributed by atoms with Crippen LogP contribution in [-0.2, 0) is 0 Å². The highest BCUT2D eigenvalue weighted by Crippen LogP contribution is 2.31. The molecule has 1 aromatic carbocycles. The molecule has 6 N–H and O–H groups in total. The lowest BCUT2D eigenvalue weighted by Crippen LogP contribution is -2.20. The zero-order valence-corrected chi connectivity index (χ0v) is 17.8. The van der Waals surface area contributed by atoms with E-state index >= 15 is 0 Å². The van der Waals surface area contributed by atoms with Crippen LogP contribution in [-0.4, -0.2) is 35.0 Å². The van der Waals surface area contributed by atoms with Gasteiger partial charge in [0.05, 0.1) is 17.6 Å². The van der Waals surface area contributed by atoms with Crippen LogP contribution >= 0.6 is 0 Å². The summed E-state index contributed by atoms with van der Waals surface area (Å²) in [5.41, 5.74) is 22.2. The monoisotopic (exact) mass is 423 g/mol. The molecule has 0 saturated carbocycles. The summed E-state index contributed by atoms with van der Waals surface area (Å²) in [6.45, 7) is 4.19. The Morgan fingerprint density at radius 1 is 1.23 bits per heavy atom. The van der Waals surface area contributed by atoms with E-state index in [1.807, 2.05) is 6.92 Å². The van der Waals surface area contributed by atoms with Crippen LogP contribution < -0.4 is 21.9 Å². The van der Waals surface area contributed by atoms with Gasteiger partial charge in [0.15, 0.2) is 5.82 Å². The van der Waals surface area contributed by atoms with E-state index < -0.39 is 11.9 Å². The smallest absolute Gasteiger partial charge is 0.258 e. The highest BCUT2D eigenvalue weighted by Gasteiger charge is 2.24. The molecule has 0 spiro atoms. The molecule has 0 fully saturated rings. The largest absolute Gasteiger partial charge is 0.467 e. The fourth-order valence-corrected chi connectivity index (χ4v) is 3.49. The predicted molar refractivity (Wildman–Crippen MR) is 121 cm³/mol. The number of nitrogens with two attached hydrogens (primary N) is 3. The van der Waals surface area contributed by atoms with Gasteiger partial charge in [-0.05, 0) is 55.6 Å². The van der Waals surface area contributed by atoms with Gasteiger partial charge in [0.2, 0.25) is 0 Å². The molecule has 31 heavy (non-hydrogen) atoms. The quantitative estimate of drug-likeness (QED) is 0.645. The van der Waals surface area contributed by atoms with Gasteiger partial charge in [-0.15, -0.1) is 0 Å². The first-order valence-corrected chi connectivity index (χ1v) is 9.86. The number of rotatable bonds is 1. The van der Waals surface area contributed by atoms with Crippen molar-refractivity contribution in [2.75, 3.05) is 19.3 Å². The highest BCUT2D eigenvalue weighted by molar-refractivity contribution is 6.17. The number of hydrogen-bond donors (Lipinski definition) is 3. The van der Waals surface area contributed by atoms with E-state index in [0.29, 0.717) is 52.4 Å². The maximum Gasteiger partial charge on any atom is 0.258 e. The molecule has 0 saturated heterocycles. The van der Waals surface area contributed by atoms with Gasteiger partial charge in [-0.2, -0.15) is 0 Å². The van der Waals surface area contributed by atoms with Crippen molar-refractivity contribution in [1.82, 2.24) is 9.97 Å². The van der Waals surface area contributed by atoms with Gasteiger partial charge in [0.25, 0.3) is 5.88 Å². The van der Waals surface area contributed by atoms with Gasteiger partial charge >= 0.3 is 0 Å². The van der Waals surface area contributed by atoms with Crippen LogP contribution in [0.4, 0.5) is 10.2 Å². The molecule has 8 nitrogen and oxygen atoms in total. The standard InChI is InChI=1S/C22H26FN7O/c1-4-28-20-14(10-25)7-13(9-24)19(27-3)16-6-5-15(23)8-17(16)12(2)31-22-21(26)29-11-18(20)30-22/h5-6,8-12H,4,7,24-25H2,1-3H3,(H2,26,29). The number of aliphatic imine (C=N–C) groups is 2. The summed E-state index contributed by atoms with van der Waals surface area (Å²) < 4.78 is 20.2. The lowest BCUT2D eigenvalue weighted by molar-refractivity contribution is 0.217. The van der Waals surface area contributed by atoms with E-state index in [4.69, 9.17) is 21.9 Å². The van der Waals surface area contributed by atoms with Crippen molar-refractivity contribution < 1.29 is 9.13 Å². The van der Waals surface area contributed by atoms with E-state index in [1.54, 1.807) is 20.0 Å². The highest BCUT2D eigenvalue weighted by atomic mass is 19.1. The fourth-order valence-electron chi connectivity index (χ4n) is 3.49. The van der Waals surface area contributed by atoms with Gasteiger partial charge < -0.3 is 21.9 Å². The summed E-state index contributed by atoms with van der Waals surface area (Å²) in [5, 5.41) is 0. The Labute approximate surface area is 180 Å². The van der Waals surface area contributed by atoms with Gasteiger partial charge in [0.1, 0.15) is 17.6 Å². The number of benzene rings is 1. The Kier molecular flexibility index (Phi) is 6.64. The Balaban J connectivity index is 2.32. The second kappa shape index (κ2) is 9.38. The topological polar surface area (TPSA) is 138 Å². The third-order valence-electron chi connectivity index (χ3n) is 4.94. The summed E-state index contributed by atoms with van der Waals surface area (Å²) in [7, 11) is 1.65. The fraction of sp³-hybridized carbons (Fsp3) is 0.273. The first kappa shape index (κ1) is 21.9. The van der Waals surface area contributed by atoms with Gasteiger partial charge in [-0.1, -0.05) is 0 Å². The molecule has 0 radical (unpaired) electrons. The summed E-state index contributed by atoms with van der Waals surface area (Å²) in [6, 6.07) is 4.43. The Hall–Kier alpha value is -3.75. The molecule has 0 amide bonds. The van der Waals surface area contributed by atoms with Crippen LogP contribution in [0.5, 0.6) is 5.88 Å². The SMILES string of the molecule is CCN=C1C(=CN)CC(=CN)C(=NC)c2ccc(F)cc2C(C)Oc2nc1cnc2N. The zero-order valence-electron chi connectivity index (χ0n) is 17.8. The maximum absolute atomic E-state index is 14.2. The van der Waals surface area contributed by atoms with Crippen LogP contribution in [0.15, 0.2) is 57.9 Å². The number of fused-ring (bicyclic) bond motifs is 3. The van der Waals surface area contributed by atoms with Crippen molar-refractivity contribution in [2.24, 2.45) is 21.5 Å². The lowest BCUT2D eigenvalue weighted by Gasteiger charge is -2.23. The summed E-state index contributed by atoms with van der Waals surface area (Å²) in [6.07, 6.45) is 4.20. The van der Waals surface area contributed by atoms with E-state index in [-0.39, 0.29) is 11.7 Å². The molecular formula is C22H26FN7O. The van der Waals surface area contributed by atoms with Gasteiger partial charge in [0, 0.05) is 31.1 Å². The molecule has 9 heteroatoms. The van der Waals surface area contributed by atoms with E-state index in [1.165, 1.54) is 30.7 Å². The van der Waals surface area contributed by atoms with E-state index in [0.717, 1.165) is 0 Å². The van der Waals surface area contributed by atoms with E-state index in [9.17, 15) is 4.39 Å². The molecule has 1 atom stereocenters. The number of ether oxygens (including phenoxy) is 1. The molecule has 3 rings (SSSR count). The second-order valence-electron chi connectivity index (χ2n) is 6.89. The molecule has 1 aliphatic rings. The average Bonchev–Trinajstić information content (AvgIpc) is 2.77. The zero-order chi connectivity index (χ0) is 22.5. The average molecular weight is 423 g/mol. The minimum atomic E-state index is -0.594. The first-order valence-electron chi connectivity index (χ1n) is 9.86. The summed E-state index contributed by atoms with van der Waals surface area (Å²) in [5.74, 6) is -0.153. The summed E-state index contributed by atoms with van der Waals surface area (Å²) >= 11 is 0. The Morgan fingerprint density at radius 2 is 1.94 bits per heavy atom. The number of nitrogen functional groups attached to an aromatic ring is 1. The third-order valence-corrected chi connectivity index (χ3v) is 4.94. The molecule has 1 aliphatic heterocycles. The summed E-state index contributed by atoms with van der Waals surface area (Å²) in [4.78, 5) is 17.8. The number of halogens is 1. The number of allylic oxidation sites excluding steroid dienone is 2. The Morgan fingerprint density at radius 3 is 2.58 bits per heavy atom. The van der Waals surface area contributed by atoms with Crippen molar-refractivity contribution in [3.05, 3.63) is 70.6 Å². The van der Waals surface area contributed by atoms with Crippen molar-refractivity contribution in [3.8, 4) is 5.88 Å². The third kappa shape index (κ3) is 4.40. The van der Waals surface area contributed by atoms with Crippen molar-refractivity contribution in [2.45, 2.75) is 26.4 Å². The van der Waals surface area contributed by atoms with Crippen molar-refractivity contribution in [1.29, 1.82) is 0 Å². The number of aromatic nitrogens is 2. The molecule has 1 unspecified atom stereocenters. The number of nitrogens with zero attached hydrogens (tertiary/aromatic N) is 4. The maximum atomic E-state index is 14.2. The molecule has 2 aromatic rings. The number of anilines is 1. The molecule has 2 heterocycles. The predicted octanol–water partition coefficient (Wildman–Crippen LogP) is 2.65. The molecule has 0 aliphatic carbocycles. The first-order chi connectivity index (χ1) is 14.9.